The van der Waals surface area contributed by atoms with E-state index in [1.807, 2.05) is 48.5 Å². The molecule has 2 N–H and O–H groups in total. The maximum Gasteiger partial charge on any atom is 0.257 e. The predicted octanol–water partition coefficient (Wildman–Crippen LogP) is 7.49. The molecule has 1 heterocycles. The van der Waals surface area contributed by atoms with Gasteiger partial charge >= 0.3 is 0 Å². The molecule has 0 saturated carbocycles. The second kappa shape index (κ2) is 11.8. The zero-order valence-corrected chi connectivity index (χ0v) is 22.3. The monoisotopic (exact) mass is 564 g/mol. The Bertz CT molecular complexity index is 1480. The second-order valence-electron chi connectivity index (χ2n) is 8.36. The van der Waals surface area contributed by atoms with Crippen LogP contribution in [0.1, 0.15) is 21.2 Å². The van der Waals surface area contributed by atoms with Gasteiger partial charge < -0.3 is 20.1 Å². The summed E-state index contributed by atoms with van der Waals surface area (Å²) >= 11 is 13.5. The first-order chi connectivity index (χ1) is 18.5. The minimum atomic E-state index is -0.555. The van der Waals surface area contributed by atoms with Crippen LogP contribution >= 0.6 is 35.0 Å². The van der Waals surface area contributed by atoms with Crippen LogP contribution < -0.4 is 20.1 Å². The van der Waals surface area contributed by atoms with E-state index in [1.54, 1.807) is 36.4 Å². The molecule has 4 aromatic rings. The first-order valence-electron chi connectivity index (χ1n) is 11.7. The molecule has 38 heavy (non-hydrogen) atoms. The first kappa shape index (κ1) is 26.0. The van der Waals surface area contributed by atoms with E-state index in [0.717, 1.165) is 10.5 Å². The fourth-order valence-corrected chi connectivity index (χ4v) is 5.46. The minimum Gasteiger partial charge on any atom is -0.486 e. The average molecular weight is 565 g/mol. The Balaban J connectivity index is 1.35. The number of anilines is 2. The molecule has 0 bridgehead atoms. The van der Waals surface area contributed by atoms with Crippen molar-refractivity contribution in [3.8, 4) is 11.5 Å². The van der Waals surface area contributed by atoms with E-state index in [4.69, 9.17) is 32.7 Å². The van der Waals surface area contributed by atoms with Gasteiger partial charge in [-0.05, 0) is 54.1 Å². The number of rotatable bonds is 7. The molecule has 0 radical (unpaired) electrons. The van der Waals surface area contributed by atoms with Gasteiger partial charge in [0.1, 0.15) is 18.5 Å². The van der Waals surface area contributed by atoms with E-state index in [9.17, 15) is 9.59 Å². The van der Waals surface area contributed by atoms with Crippen molar-refractivity contribution in [1.82, 2.24) is 0 Å². The number of nitrogens with one attached hydrogen (secondary N) is 2. The molecule has 1 aliphatic rings. The number of halogens is 2. The standard InChI is InChI=1S/C29H22Cl2N2O4S/c30-19-9-11-23(24(31)15-19)28(34)32-20-7-4-8-22(16-20)38-27(18-5-2-1-3-6-18)29(35)33-21-10-12-25-26(17-21)37-14-13-36-25/h1-12,15-17,27H,13-14H2,(H,32,34)(H,33,35). The van der Waals surface area contributed by atoms with Gasteiger partial charge in [-0.3, -0.25) is 9.59 Å². The molecule has 0 fully saturated rings. The lowest BCUT2D eigenvalue weighted by Crippen LogP contribution is -2.20. The van der Waals surface area contributed by atoms with Crippen LogP contribution in [0.3, 0.4) is 0 Å². The summed E-state index contributed by atoms with van der Waals surface area (Å²) in [6.45, 7) is 0.960. The van der Waals surface area contributed by atoms with Crippen LogP contribution in [0.4, 0.5) is 11.4 Å². The van der Waals surface area contributed by atoms with Gasteiger partial charge in [0.25, 0.3) is 5.91 Å². The predicted molar refractivity (Wildman–Crippen MR) is 152 cm³/mol. The van der Waals surface area contributed by atoms with Crippen molar-refractivity contribution in [2.45, 2.75) is 10.1 Å². The number of carbonyl (C=O) groups is 2. The molecule has 0 aliphatic carbocycles. The number of carbonyl (C=O) groups excluding carboxylic acids is 2. The van der Waals surface area contributed by atoms with Crippen molar-refractivity contribution < 1.29 is 19.1 Å². The van der Waals surface area contributed by atoms with Gasteiger partial charge in [-0.2, -0.15) is 0 Å². The van der Waals surface area contributed by atoms with Gasteiger partial charge in [0.05, 0.1) is 10.6 Å². The summed E-state index contributed by atoms with van der Waals surface area (Å²) in [6, 6.07) is 26.9. The first-order valence-corrected chi connectivity index (χ1v) is 13.4. The molecule has 0 spiro atoms. The van der Waals surface area contributed by atoms with Crippen molar-refractivity contribution in [1.29, 1.82) is 0 Å². The summed E-state index contributed by atoms with van der Waals surface area (Å²) in [5.74, 6) is 0.703. The van der Waals surface area contributed by atoms with Crippen LogP contribution in [0, 0.1) is 0 Å². The zero-order valence-electron chi connectivity index (χ0n) is 19.9. The molecular weight excluding hydrogens is 543 g/mol. The highest BCUT2D eigenvalue weighted by Crippen LogP contribution is 2.38. The van der Waals surface area contributed by atoms with Crippen molar-refractivity contribution >= 4 is 58.2 Å². The Labute approximate surface area is 234 Å². The van der Waals surface area contributed by atoms with Crippen LogP contribution in [0.15, 0.2) is 95.9 Å². The molecule has 9 heteroatoms. The number of fused-ring (bicyclic) bond motifs is 1. The summed E-state index contributed by atoms with van der Waals surface area (Å²) in [5.41, 5.74) is 2.34. The number of benzene rings is 4. The van der Waals surface area contributed by atoms with Crippen molar-refractivity contribution in [2.24, 2.45) is 0 Å². The van der Waals surface area contributed by atoms with E-state index < -0.39 is 5.25 Å². The molecule has 0 aromatic heterocycles. The highest BCUT2D eigenvalue weighted by atomic mass is 35.5. The number of hydrogen-bond donors (Lipinski definition) is 2. The fraction of sp³-hybridized carbons (Fsp3) is 0.103. The SMILES string of the molecule is O=C(Nc1cccc(SC(C(=O)Nc2ccc3c(c2)OCCO3)c2ccccc2)c1)c1ccc(Cl)cc1Cl. The number of hydrogen-bond acceptors (Lipinski definition) is 5. The van der Waals surface area contributed by atoms with Crippen molar-refractivity contribution in [3.63, 3.8) is 0 Å². The Morgan fingerprint density at radius 1 is 0.763 bits per heavy atom. The fourth-order valence-electron chi connectivity index (χ4n) is 3.88. The van der Waals surface area contributed by atoms with Crippen LogP contribution in [0.25, 0.3) is 0 Å². The molecule has 1 aliphatic heterocycles. The van der Waals surface area contributed by atoms with Gasteiger partial charge in [0, 0.05) is 27.4 Å². The van der Waals surface area contributed by atoms with E-state index in [2.05, 4.69) is 10.6 Å². The summed E-state index contributed by atoms with van der Waals surface area (Å²) in [7, 11) is 0. The van der Waals surface area contributed by atoms with Gasteiger partial charge in [-0.1, -0.05) is 59.6 Å². The van der Waals surface area contributed by atoms with Gasteiger partial charge in [0.15, 0.2) is 11.5 Å². The van der Waals surface area contributed by atoms with E-state index in [1.165, 1.54) is 17.8 Å². The third-order valence-corrected chi connectivity index (χ3v) is 7.47. The van der Waals surface area contributed by atoms with Crippen LogP contribution in [-0.2, 0) is 4.79 Å². The molecule has 192 valence electrons. The maximum atomic E-state index is 13.5. The summed E-state index contributed by atoms with van der Waals surface area (Å²) in [4.78, 5) is 27.1. The van der Waals surface area contributed by atoms with Gasteiger partial charge in [-0.15, -0.1) is 11.8 Å². The number of ether oxygens (including phenoxy) is 2. The van der Waals surface area contributed by atoms with Crippen LogP contribution in [-0.4, -0.2) is 25.0 Å². The maximum absolute atomic E-state index is 13.5. The Morgan fingerprint density at radius 2 is 1.53 bits per heavy atom. The third-order valence-electron chi connectivity index (χ3n) is 5.67. The highest BCUT2D eigenvalue weighted by molar-refractivity contribution is 8.00. The second-order valence-corrected chi connectivity index (χ2v) is 10.4. The molecular formula is C29H22Cl2N2O4S. The summed E-state index contributed by atoms with van der Waals surface area (Å²) in [6.07, 6.45) is 0. The van der Waals surface area contributed by atoms with Crippen molar-refractivity contribution in [2.75, 3.05) is 23.8 Å². The van der Waals surface area contributed by atoms with Crippen LogP contribution in [0.2, 0.25) is 10.0 Å². The lowest BCUT2D eigenvalue weighted by atomic mass is 10.1. The van der Waals surface area contributed by atoms with Crippen LogP contribution in [0.5, 0.6) is 11.5 Å². The average Bonchev–Trinajstić information content (AvgIpc) is 2.92. The third kappa shape index (κ3) is 6.25. The summed E-state index contributed by atoms with van der Waals surface area (Å²) in [5, 5.41) is 6.02. The van der Waals surface area contributed by atoms with Gasteiger partial charge in [0.2, 0.25) is 5.91 Å². The van der Waals surface area contributed by atoms with E-state index in [-0.39, 0.29) is 16.8 Å². The Kier molecular flexibility index (Phi) is 8.08. The molecule has 5 rings (SSSR count). The molecule has 1 atom stereocenters. The van der Waals surface area contributed by atoms with E-state index >= 15 is 0 Å². The quantitative estimate of drug-likeness (QED) is 0.227. The topological polar surface area (TPSA) is 76.7 Å². The molecule has 0 saturated heterocycles. The Morgan fingerprint density at radius 3 is 2.32 bits per heavy atom. The van der Waals surface area contributed by atoms with E-state index in [0.29, 0.717) is 46.7 Å². The largest absolute Gasteiger partial charge is 0.486 e. The smallest absolute Gasteiger partial charge is 0.257 e. The molecule has 2 amide bonds. The molecule has 4 aromatic carbocycles. The lowest BCUT2D eigenvalue weighted by Gasteiger charge is -2.20. The highest BCUT2D eigenvalue weighted by Gasteiger charge is 2.23. The number of thioether (sulfide) groups is 1. The number of amides is 2. The van der Waals surface area contributed by atoms with Gasteiger partial charge in [-0.25, -0.2) is 0 Å². The molecule has 6 nitrogen and oxygen atoms in total. The Hall–Kier alpha value is -3.65. The summed E-state index contributed by atoms with van der Waals surface area (Å²) < 4.78 is 11.2. The molecule has 1 unspecified atom stereocenters. The zero-order chi connectivity index (χ0) is 26.5. The normalized spacial score (nSPS) is 12.9. The van der Waals surface area contributed by atoms with Crippen molar-refractivity contribution in [3.05, 3.63) is 112 Å². The minimum absolute atomic E-state index is 0.194. The lowest BCUT2D eigenvalue weighted by molar-refractivity contribution is -0.115.